The van der Waals surface area contributed by atoms with Crippen LogP contribution in [0.25, 0.3) is 0 Å². The number of benzene rings is 1. The van der Waals surface area contributed by atoms with E-state index in [1.165, 1.54) is 0 Å². The molecule has 1 aromatic carbocycles. The molecule has 1 fully saturated rings. The summed E-state index contributed by atoms with van der Waals surface area (Å²) >= 11 is 7.06. The molecule has 0 radical (unpaired) electrons. The van der Waals surface area contributed by atoms with Gasteiger partial charge >= 0.3 is 0 Å². The van der Waals surface area contributed by atoms with E-state index in [2.05, 4.69) is 31.9 Å². The van der Waals surface area contributed by atoms with Crippen molar-refractivity contribution in [2.75, 3.05) is 19.8 Å². The highest BCUT2D eigenvalue weighted by Crippen LogP contribution is 2.35. The van der Waals surface area contributed by atoms with Gasteiger partial charge in [-0.15, -0.1) is 0 Å². The lowest BCUT2D eigenvalue weighted by atomic mass is 10.0. The van der Waals surface area contributed by atoms with E-state index in [0.717, 1.165) is 52.9 Å². The van der Waals surface area contributed by atoms with E-state index >= 15 is 0 Å². The highest BCUT2D eigenvalue weighted by molar-refractivity contribution is 9.11. The SMILES string of the molecule is NCc1cc(Br)c(OCC2CCOCC2)c(Br)c1. The maximum absolute atomic E-state index is 5.92. The van der Waals surface area contributed by atoms with Crippen molar-refractivity contribution in [3.8, 4) is 5.75 Å². The fourth-order valence-electron chi connectivity index (χ4n) is 1.98. The van der Waals surface area contributed by atoms with Crippen LogP contribution < -0.4 is 10.5 Å². The molecule has 1 aromatic rings. The summed E-state index contributed by atoms with van der Waals surface area (Å²) in [5, 5.41) is 0. The second-order valence-electron chi connectivity index (χ2n) is 4.46. The van der Waals surface area contributed by atoms with Crippen molar-refractivity contribution >= 4 is 31.9 Å². The molecule has 0 aliphatic carbocycles. The van der Waals surface area contributed by atoms with Gasteiger partial charge in [0.05, 0.1) is 15.6 Å². The minimum atomic E-state index is 0.525. The van der Waals surface area contributed by atoms with Crippen molar-refractivity contribution in [3.05, 3.63) is 26.6 Å². The minimum absolute atomic E-state index is 0.525. The lowest BCUT2D eigenvalue weighted by Gasteiger charge is -2.22. The summed E-state index contributed by atoms with van der Waals surface area (Å²) in [6.07, 6.45) is 2.16. The molecule has 2 rings (SSSR count). The second kappa shape index (κ2) is 6.89. The fraction of sp³-hybridized carbons (Fsp3) is 0.538. The summed E-state index contributed by atoms with van der Waals surface area (Å²) in [5.74, 6) is 1.45. The average Bonchev–Trinajstić information content (AvgIpc) is 2.38. The summed E-state index contributed by atoms with van der Waals surface area (Å²) in [5.41, 5.74) is 6.71. The highest BCUT2D eigenvalue weighted by atomic mass is 79.9. The predicted molar refractivity (Wildman–Crippen MR) is 78.8 cm³/mol. The average molecular weight is 379 g/mol. The molecule has 0 spiro atoms. The lowest BCUT2D eigenvalue weighted by Crippen LogP contribution is -2.21. The quantitative estimate of drug-likeness (QED) is 0.872. The van der Waals surface area contributed by atoms with Crippen LogP contribution in [0.15, 0.2) is 21.1 Å². The van der Waals surface area contributed by atoms with E-state index < -0.39 is 0 Å². The standard InChI is InChI=1S/C13H17Br2NO2/c14-11-5-10(7-16)6-12(15)13(11)18-8-9-1-3-17-4-2-9/h5-6,9H,1-4,7-8,16H2. The Hall–Kier alpha value is -0.100. The van der Waals surface area contributed by atoms with Crippen LogP contribution in [0, 0.1) is 5.92 Å². The first-order valence-electron chi connectivity index (χ1n) is 6.09. The molecule has 18 heavy (non-hydrogen) atoms. The molecule has 1 saturated heterocycles. The van der Waals surface area contributed by atoms with Gasteiger partial charge < -0.3 is 15.2 Å². The molecule has 5 heteroatoms. The zero-order valence-corrected chi connectivity index (χ0v) is 13.3. The van der Waals surface area contributed by atoms with Crippen LogP contribution in [0.5, 0.6) is 5.75 Å². The highest BCUT2D eigenvalue weighted by Gasteiger charge is 2.16. The zero-order valence-electron chi connectivity index (χ0n) is 10.1. The van der Waals surface area contributed by atoms with Crippen LogP contribution >= 0.6 is 31.9 Å². The van der Waals surface area contributed by atoms with Gasteiger partial charge in [0.25, 0.3) is 0 Å². The number of nitrogens with two attached hydrogens (primary N) is 1. The topological polar surface area (TPSA) is 44.5 Å². The second-order valence-corrected chi connectivity index (χ2v) is 6.17. The zero-order chi connectivity index (χ0) is 13.0. The van der Waals surface area contributed by atoms with Gasteiger partial charge in [0.15, 0.2) is 0 Å². The van der Waals surface area contributed by atoms with E-state index in [0.29, 0.717) is 12.5 Å². The summed E-state index contributed by atoms with van der Waals surface area (Å²) in [7, 11) is 0. The molecule has 0 bridgehead atoms. The minimum Gasteiger partial charge on any atom is -0.491 e. The predicted octanol–water partition coefficient (Wildman–Crippen LogP) is 3.48. The molecule has 2 N–H and O–H groups in total. The van der Waals surface area contributed by atoms with Crippen LogP contribution in [0.4, 0.5) is 0 Å². The molecule has 100 valence electrons. The van der Waals surface area contributed by atoms with Crippen LogP contribution in [0.1, 0.15) is 18.4 Å². The fourth-order valence-corrected chi connectivity index (χ4v) is 3.49. The van der Waals surface area contributed by atoms with Gasteiger partial charge in [-0.2, -0.15) is 0 Å². The van der Waals surface area contributed by atoms with Crippen molar-refractivity contribution < 1.29 is 9.47 Å². The number of hydrogen-bond acceptors (Lipinski definition) is 3. The lowest BCUT2D eigenvalue weighted by molar-refractivity contribution is 0.0495. The van der Waals surface area contributed by atoms with E-state index in [9.17, 15) is 0 Å². The largest absolute Gasteiger partial charge is 0.491 e. The molecule has 0 amide bonds. The van der Waals surface area contributed by atoms with Crippen LogP contribution in [0.2, 0.25) is 0 Å². The van der Waals surface area contributed by atoms with Crippen molar-refractivity contribution in [3.63, 3.8) is 0 Å². The monoisotopic (exact) mass is 377 g/mol. The smallest absolute Gasteiger partial charge is 0.147 e. The third-order valence-corrected chi connectivity index (χ3v) is 4.28. The Balaban J connectivity index is 2.00. The van der Waals surface area contributed by atoms with Crippen LogP contribution in [-0.2, 0) is 11.3 Å². The number of halogens is 2. The first-order chi connectivity index (χ1) is 8.70. The van der Waals surface area contributed by atoms with Gasteiger partial charge in [0, 0.05) is 19.8 Å². The Morgan fingerprint density at radius 2 is 1.83 bits per heavy atom. The molecular formula is C13H17Br2NO2. The maximum atomic E-state index is 5.92. The Bertz CT molecular complexity index is 383. The number of hydrogen-bond donors (Lipinski definition) is 1. The third kappa shape index (κ3) is 3.70. The van der Waals surface area contributed by atoms with E-state index in [-0.39, 0.29) is 0 Å². The van der Waals surface area contributed by atoms with E-state index in [1.54, 1.807) is 0 Å². The van der Waals surface area contributed by atoms with Crippen molar-refractivity contribution in [1.29, 1.82) is 0 Å². The number of rotatable bonds is 4. The molecular weight excluding hydrogens is 362 g/mol. The third-order valence-electron chi connectivity index (χ3n) is 3.10. The Kier molecular flexibility index (Phi) is 5.48. The van der Waals surface area contributed by atoms with Crippen molar-refractivity contribution in [1.82, 2.24) is 0 Å². The van der Waals surface area contributed by atoms with E-state index in [1.807, 2.05) is 12.1 Å². The summed E-state index contributed by atoms with van der Waals surface area (Å²) < 4.78 is 13.2. The van der Waals surface area contributed by atoms with Gasteiger partial charge in [-0.25, -0.2) is 0 Å². The maximum Gasteiger partial charge on any atom is 0.147 e. The first kappa shape index (κ1) is 14.3. The Morgan fingerprint density at radius 3 is 2.39 bits per heavy atom. The molecule has 0 saturated carbocycles. The Morgan fingerprint density at radius 1 is 1.22 bits per heavy atom. The molecule has 1 aliphatic rings. The molecule has 0 unspecified atom stereocenters. The normalized spacial score (nSPS) is 16.8. The van der Waals surface area contributed by atoms with Gasteiger partial charge in [0.2, 0.25) is 0 Å². The van der Waals surface area contributed by atoms with Gasteiger partial charge in [-0.05, 0) is 68.3 Å². The van der Waals surface area contributed by atoms with Gasteiger partial charge in [-0.3, -0.25) is 0 Å². The number of ether oxygens (including phenoxy) is 2. The van der Waals surface area contributed by atoms with Crippen molar-refractivity contribution in [2.45, 2.75) is 19.4 Å². The van der Waals surface area contributed by atoms with E-state index in [4.69, 9.17) is 15.2 Å². The molecule has 3 nitrogen and oxygen atoms in total. The van der Waals surface area contributed by atoms with Crippen LogP contribution in [-0.4, -0.2) is 19.8 Å². The first-order valence-corrected chi connectivity index (χ1v) is 7.68. The van der Waals surface area contributed by atoms with Crippen LogP contribution in [0.3, 0.4) is 0 Å². The summed E-state index contributed by atoms with van der Waals surface area (Å²) in [6, 6.07) is 4.01. The summed E-state index contributed by atoms with van der Waals surface area (Å²) in [4.78, 5) is 0. The molecule has 0 aromatic heterocycles. The van der Waals surface area contributed by atoms with Gasteiger partial charge in [-0.1, -0.05) is 0 Å². The van der Waals surface area contributed by atoms with Gasteiger partial charge in [0.1, 0.15) is 5.75 Å². The Labute approximate surface area is 124 Å². The molecule has 1 aliphatic heterocycles. The summed E-state index contributed by atoms with van der Waals surface area (Å²) in [6.45, 7) is 2.96. The molecule has 1 heterocycles. The van der Waals surface area contributed by atoms with Crippen molar-refractivity contribution in [2.24, 2.45) is 11.7 Å². The molecule has 0 atom stereocenters.